The lowest BCUT2D eigenvalue weighted by molar-refractivity contribution is -0.119. The number of aromatic nitrogens is 1. The fourth-order valence-electron chi connectivity index (χ4n) is 2.32. The lowest BCUT2D eigenvalue weighted by Gasteiger charge is -2.32. The average Bonchev–Trinajstić information content (AvgIpc) is 2.39. The van der Waals surface area contributed by atoms with E-state index >= 15 is 0 Å². The monoisotopic (exact) mass is 244 g/mol. The van der Waals surface area contributed by atoms with Gasteiger partial charge in [0.15, 0.2) is 0 Å². The van der Waals surface area contributed by atoms with Crippen LogP contribution in [0.1, 0.15) is 25.0 Å². The normalized spacial score (nSPS) is 16.3. The molecular weight excluding hydrogens is 228 g/mol. The van der Waals surface area contributed by atoms with E-state index in [1.54, 1.807) is 12.3 Å². The van der Waals surface area contributed by atoms with E-state index in [2.05, 4.69) is 9.88 Å². The Bertz CT molecular complexity index is 455. The lowest BCUT2D eigenvalue weighted by Crippen LogP contribution is -2.35. The molecule has 1 aromatic heterocycles. The summed E-state index contributed by atoms with van der Waals surface area (Å²) >= 11 is 0. The molecule has 2 heterocycles. The van der Waals surface area contributed by atoms with E-state index in [1.807, 2.05) is 12.1 Å². The number of amides is 1. The van der Waals surface area contributed by atoms with E-state index in [9.17, 15) is 4.79 Å². The molecule has 1 aromatic rings. The highest BCUT2D eigenvalue weighted by molar-refractivity contribution is 5.74. The number of piperidine rings is 1. The second-order valence-electron chi connectivity index (χ2n) is 4.61. The molecule has 1 fully saturated rings. The molecule has 1 aliphatic heterocycles. The Morgan fingerprint density at radius 2 is 2.22 bits per heavy atom. The van der Waals surface area contributed by atoms with Crippen LogP contribution in [0.15, 0.2) is 18.3 Å². The molecule has 0 atom stereocenters. The second-order valence-corrected chi connectivity index (χ2v) is 4.61. The minimum Gasteiger partial charge on any atom is -0.370 e. The molecule has 0 aromatic carbocycles. The molecular formula is C13H16N4O. The van der Waals surface area contributed by atoms with Gasteiger partial charge >= 0.3 is 0 Å². The number of anilines is 1. The Balaban J connectivity index is 1.93. The number of carbonyl (C=O) groups excluding carboxylic acids is 1. The first-order valence-corrected chi connectivity index (χ1v) is 6.08. The van der Waals surface area contributed by atoms with E-state index < -0.39 is 0 Å². The molecule has 5 nitrogen and oxygen atoms in total. The molecule has 2 rings (SSSR count). The molecule has 1 aliphatic rings. The van der Waals surface area contributed by atoms with Crippen LogP contribution in [0.2, 0.25) is 0 Å². The summed E-state index contributed by atoms with van der Waals surface area (Å²) in [4.78, 5) is 17.1. The second kappa shape index (κ2) is 5.50. The van der Waals surface area contributed by atoms with E-state index in [1.165, 1.54) is 0 Å². The van der Waals surface area contributed by atoms with Crippen LogP contribution < -0.4 is 10.6 Å². The van der Waals surface area contributed by atoms with Gasteiger partial charge < -0.3 is 10.6 Å². The minimum atomic E-state index is -0.214. The summed E-state index contributed by atoms with van der Waals surface area (Å²) in [6, 6.07) is 5.65. The van der Waals surface area contributed by atoms with Crippen LogP contribution in [-0.2, 0) is 4.79 Å². The number of nitrogens with zero attached hydrogens (tertiary/aromatic N) is 3. The highest BCUT2D eigenvalue weighted by Gasteiger charge is 2.20. The Kier molecular flexibility index (Phi) is 3.78. The van der Waals surface area contributed by atoms with Crippen LogP contribution >= 0.6 is 0 Å². The Labute approximate surface area is 106 Å². The van der Waals surface area contributed by atoms with Crippen LogP contribution in [-0.4, -0.2) is 24.0 Å². The Morgan fingerprint density at radius 1 is 1.50 bits per heavy atom. The molecule has 1 saturated heterocycles. The molecule has 94 valence electrons. The standard InChI is InChI=1S/C13H16N4O/c14-8-11-1-2-12(9-16-11)17-5-3-10(4-6-17)7-13(15)18/h1-2,9-10H,3-7H2,(H2,15,18). The summed E-state index contributed by atoms with van der Waals surface area (Å²) in [6.45, 7) is 1.82. The summed E-state index contributed by atoms with van der Waals surface area (Å²) in [6.07, 6.45) is 4.16. The van der Waals surface area contributed by atoms with Crippen molar-refractivity contribution < 1.29 is 4.79 Å². The van der Waals surface area contributed by atoms with E-state index in [-0.39, 0.29) is 5.91 Å². The first-order valence-electron chi connectivity index (χ1n) is 6.08. The molecule has 2 N–H and O–H groups in total. The fourth-order valence-corrected chi connectivity index (χ4v) is 2.32. The first kappa shape index (κ1) is 12.4. The van der Waals surface area contributed by atoms with Gasteiger partial charge in [0, 0.05) is 19.5 Å². The van der Waals surface area contributed by atoms with E-state index in [0.717, 1.165) is 31.6 Å². The first-order chi connectivity index (χ1) is 8.69. The van der Waals surface area contributed by atoms with Crippen molar-refractivity contribution in [3.63, 3.8) is 0 Å². The molecule has 18 heavy (non-hydrogen) atoms. The SMILES string of the molecule is N#Cc1ccc(N2CCC(CC(N)=O)CC2)cn1. The van der Waals surface area contributed by atoms with Gasteiger partial charge in [0.1, 0.15) is 11.8 Å². The molecule has 0 bridgehead atoms. The Morgan fingerprint density at radius 3 is 2.72 bits per heavy atom. The van der Waals surface area contributed by atoms with Crippen molar-refractivity contribution in [3.05, 3.63) is 24.0 Å². The van der Waals surface area contributed by atoms with Gasteiger partial charge in [-0.1, -0.05) is 0 Å². The van der Waals surface area contributed by atoms with Crippen LogP contribution in [0.4, 0.5) is 5.69 Å². The van der Waals surface area contributed by atoms with Crippen molar-refractivity contribution >= 4 is 11.6 Å². The molecule has 0 saturated carbocycles. The van der Waals surface area contributed by atoms with Gasteiger partial charge in [-0.15, -0.1) is 0 Å². The van der Waals surface area contributed by atoms with Gasteiger partial charge in [-0.25, -0.2) is 4.98 Å². The number of rotatable bonds is 3. The zero-order chi connectivity index (χ0) is 13.0. The van der Waals surface area contributed by atoms with Gasteiger partial charge in [-0.3, -0.25) is 4.79 Å². The lowest BCUT2D eigenvalue weighted by atomic mass is 9.93. The van der Waals surface area contributed by atoms with Gasteiger partial charge in [0.05, 0.1) is 11.9 Å². The number of primary amides is 1. The summed E-state index contributed by atoms with van der Waals surface area (Å²) < 4.78 is 0. The highest BCUT2D eigenvalue weighted by atomic mass is 16.1. The molecule has 1 amide bonds. The van der Waals surface area contributed by atoms with Crippen LogP contribution in [0.3, 0.4) is 0 Å². The number of nitriles is 1. The zero-order valence-electron chi connectivity index (χ0n) is 10.2. The van der Waals surface area contributed by atoms with Crippen LogP contribution in [0, 0.1) is 17.2 Å². The molecule has 0 aliphatic carbocycles. The third-order valence-electron chi connectivity index (χ3n) is 3.33. The number of hydrogen-bond acceptors (Lipinski definition) is 4. The maximum absolute atomic E-state index is 10.9. The molecule has 0 unspecified atom stereocenters. The number of carbonyl (C=O) groups is 1. The van der Waals surface area contributed by atoms with Crippen molar-refractivity contribution in [1.82, 2.24) is 4.98 Å². The largest absolute Gasteiger partial charge is 0.370 e. The van der Waals surface area contributed by atoms with Crippen molar-refractivity contribution in [3.8, 4) is 6.07 Å². The summed E-state index contributed by atoms with van der Waals surface area (Å²) in [5, 5.41) is 8.69. The number of hydrogen-bond donors (Lipinski definition) is 1. The van der Waals surface area contributed by atoms with Gasteiger partial charge in [0.25, 0.3) is 0 Å². The van der Waals surface area contributed by atoms with Gasteiger partial charge in [-0.2, -0.15) is 5.26 Å². The maximum atomic E-state index is 10.9. The quantitative estimate of drug-likeness (QED) is 0.861. The third-order valence-corrected chi connectivity index (χ3v) is 3.33. The number of pyridine rings is 1. The topological polar surface area (TPSA) is 83.0 Å². The summed E-state index contributed by atoms with van der Waals surface area (Å²) in [7, 11) is 0. The smallest absolute Gasteiger partial charge is 0.217 e. The zero-order valence-corrected chi connectivity index (χ0v) is 10.2. The van der Waals surface area contributed by atoms with E-state index in [0.29, 0.717) is 18.0 Å². The average molecular weight is 244 g/mol. The van der Waals surface area contributed by atoms with E-state index in [4.69, 9.17) is 11.0 Å². The van der Waals surface area contributed by atoms with Crippen molar-refractivity contribution in [2.45, 2.75) is 19.3 Å². The van der Waals surface area contributed by atoms with Crippen LogP contribution in [0.25, 0.3) is 0 Å². The molecule has 0 radical (unpaired) electrons. The van der Waals surface area contributed by atoms with Gasteiger partial charge in [-0.05, 0) is 30.9 Å². The Hall–Kier alpha value is -2.09. The molecule has 5 heteroatoms. The minimum absolute atomic E-state index is 0.214. The van der Waals surface area contributed by atoms with Crippen LogP contribution in [0.5, 0.6) is 0 Å². The predicted molar refractivity (Wildman–Crippen MR) is 67.7 cm³/mol. The maximum Gasteiger partial charge on any atom is 0.217 e. The highest BCUT2D eigenvalue weighted by Crippen LogP contribution is 2.24. The molecule has 0 spiro atoms. The third kappa shape index (κ3) is 2.98. The summed E-state index contributed by atoms with van der Waals surface area (Å²) in [5.74, 6) is 0.193. The van der Waals surface area contributed by atoms with Crippen molar-refractivity contribution in [2.24, 2.45) is 11.7 Å². The predicted octanol–water partition coefficient (Wildman–Crippen LogP) is 1.05. The van der Waals surface area contributed by atoms with Crippen molar-refractivity contribution in [1.29, 1.82) is 5.26 Å². The van der Waals surface area contributed by atoms with Crippen molar-refractivity contribution in [2.75, 3.05) is 18.0 Å². The summed E-state index contributed by atoms with van der Waals surface area (Å²) in [5.41, 5.74) is 6.67. The van der Waals surface area contributed by atoms with Gasteiger partial charge in [0.2, 0.25) is 5.91 Å². The number of nitrogens with two attached hydrogens (primary N) is 1. The fraction of sp³-hybridized carbons (Fsp3) is 0.462.